The normalized spacial score (nSPS) is 29.8. The van der Waals surface area contributed by atoms with Crippen molar-refractivity contribution in [3.63, 3.8) is 0 Å². The van der Waals surface area contributed by atoms with Crippen molar-refractivity contribution in [2.45, 2.75) is 38.3 Å². The number of rotatable bonds is 4. The first-order valence-corrected chi connectivity index (χ1v) is 5.94. The fourth-order valence-electron chi connectivity index (χ4n) is 2.16. The highest BCUT2D eigenvalue weighted by Gasteiger charge is 2.36. The zero-order valence-electron chi connectivity index (χ0n) is 10.4. The molecule has 1 fully saturated rings. The van der Waals surface area contributed by atoms with Gasteiger partial charge in [0.15, 0.2) is 0 Å². The molecule has 1 N–H and O–H groups in total. The molecule has 2 rings (SSSR count). The van der Waals surface area contributed by atoms with E-state index in [2.05, 4.69) is 30.5 Å². The predicted octanol–water partition coefficient (Wildman–Crippen LogP) is 1.12. The molecule has 4 heteroatoms. The van der Waals surface area contributed by atoms with E-state index in [4.69, 9.17) is 4.74 Å². The first-order valence-electron chi connectivity index (χ1n) is 5.94. The van der Waals surface area contributed by atoms with Crippen LogP contribution in [0.4, 0.5) is 0 Å². The van der Waals surface area contributed by atoms with Crippen LogP contribution in [0.5, 0.6) is 0 Å². The molecule has 0 aromatic carbocycles. The summed E-state index contributed by atoms with van der Waals surface area (Å²) in [4.78, 5) is 0. The quantitative estimate of drug-likeness (QED) is 0.831. The van der Waals surface area contributed by atoms with E-state index in [1.807, 2.05) is 17.9 Å². The van der Waals surface area contributed by atoms with Gasteiger partial charge >= 0.3 is 0 Å². The second-order valence-electron chi connectivity index (χ2n) is 4.88. The van der Waals surface area contributed by atoms with Gasteiger partial charge in [0.25, 0.3) is 0 Å². The zero-order chi connectivity index (χ0) is 11.6. The second kappa shape index (κ2) is 4.55. The third kappa shape index (κ3) is 2.44. The Balaban J connectivity index is 1.79. The molecule has 2 unspecified atom stereocenters. The van der Waals surface area contributed by atoms with E-state index in [0.29, 0.717) is 6.10 Å². The number of ether oxygens (including phenoxy) is 1. The van der Waals surface area contributed by atoms with Crippen molar-refractivity contribution in [1.29, 1.82) is 0 Å². The molecule has 1 aromatic heterocycles. The molecule has 90 valence electrons. The summed E-state index contributed by atoms with van der Waals surface area (Å²) in [6.07, 6.45) is 6.43. The molecule has 0 amide bonds. The predicted molar refractivity (Wildman–Crippen MR) is 63.4 cm³/mol. The minimum absolute atomic E-state index is 0.141. The average molecular weight is 223 g/mol. The Labute approximate surface area is 97.0 Å². The molecule has 0 spiro atoms. The number of hydrogen-bond donors (Lipinski definition) is 1. The Morgan fingerprint density at radius 2 is 2.50 bits per heavy atom. The van der Waals surface area contributed by atoms with E-state index in [1.165, 1.54) is 5.56 Å². The van der Waals surface area contributed by atoms with E-state index in [-0.39, 0.29) is 5.54 Å². The molecular formula is C12H21N3O. The van der Waals surface area contributed by atoms with Crippen LogP contribution < -0.4 is 5.32 Å². The third-order valence-electron chi connectivity index (χ3n) is 3.59. The van der Waals surface area contributed by atoms with Crippen LogP contribution in [0.25, 0.3) is 0 Å². The average Bonchev–Trinajstić information content (AvgIpc) is 2.76. The van der Waals surface area contributed by atoms with Gasteiger partial charge in [-0.3, -0.25) is 4.68 Å². The van der Waals surface area contributed by atoms with Crippen molar-refractivity contribution in [3.05, 3.63) is 18.0 Å². The van der Waals surface area contributed by atoms with Gasteiger partial charge in [-0.05, 0) is 38.8 Å². The molecular weight excluding hydrogens is 202 g/mol. The first-order chi connectivity index (χ1) is 7.60. The summed E-state index contributed by atoms with van der Waals surface area (Å²) in [7, 11) is 1.95. The van der Waals surface area contributed by atoms with Crippen LogP contribution in [0.2, 0.25) is 0 Å². The van der Waals surface area contributed by atoms with Crippen molar-refractivity contribution in [1.82, 2.24) is 15.1 Å². The maximum absolute atomic E-state index is 5.60. The van der Waals surface area contributed by atoms with Crippen LogP contribution in [0.3, 0.4) is 0 Å². The lowest BCUT2D eigenvalue weighted by Crippen LogP contribution is -2.48. The second-order valence-corrected chi connectivity index (χ2v) is 4.88. The molecule has 2 heterocycles. The monoisotopic (exact) mass is 223 g/mol. The van der Waals surface area contributed by atoms with Crippen molar-refractivity contribution < 1.29 is 4.74 Å². The summed E-state index contributed by atoms with van der Waals surface area (Å²) in [6, 6.07) is 0. The largest absolute Gasteiger partial charge is 0.377 e. The summed E-state index contributed by atoms with van der Waals surface area (Å²) in [5.41, 5.74) is 1.42. The van der Waals surface area contributed by atoms with Crippen LogP contribution in [-0.2, 0) is 18.2 Å². The van der Waals surface area contributed by atoms with Gasteiger partial charge in [-0.15, -0.1) is 0 Å². The van der Waals surface area contributed by atoms with Gasteiger partial charge in [0.05, 0.1) is 12.3 Å². The van der Waals surface area contributed by atoms with Gasteiger partial charge in [0, 0.05) is 25.4 Å². The fourth-order valence-corrected chi connectivity index (χ4v) is 2.16. The molecule has 0 bridgehead atoms. The van der Waals surface area contributed by atoms with Gasteiger partial charge < -0.3 is 10.1 Å². The topological polar surface area (TPSA) is 39.1 Å². The highest BCUT2D eigenvalue weighted by molar-refractivity contribution is 5.04. The van der Waals surface area contributed by atoms with E-state index in [1.54, 1.807) is 0 Å². The van der Waals surface area contributed by atoms with Gasteiger partial charge in [-0.2, -0.15) is 5.10 Å². The lowest BCUT2D eigenvalue weighted by Gasteiger charge is -2.29. The van der Waals surface area contributed by atoms with Crippen molar-refractivity contribution >= 4 is 0 Å². The number of hydrogen-bond acceptors (Lipinski definition) is 3. The van der Waals surface area contributed by atoms with E-state index in [9.17, 15) is 0 Å². The Bertz CT molecular complexity index is 350. The molecule has 1 saturated heterocycles. The molecule has 16 heavy (non-hydrogen) atoms. The van der Waals surface area contributed by atoms with Gasteiger partial charge in [-0.25, -0.2) is 0 Å². The van der Waals surface area contributed by atoms with Crippen molar-refractivity contribution in [3.8, 4) is 0 Å². The van der Waals surface area contributed by atoms with Crippen LogP contribution in [-0.4, -0.2) is 34.6 Å². The lowest BCUT2D eigenvalue weighted by atomic mass is 9.94. The fraction of sp³-hybridized carbons (Fsp3) is 0.750. The van der Waals surface area contributed by atoms with Crippen LogP contribution in [0.15, 0.2) is 12.4 Å². The molecule has 1 aromatic rings. The molecule has 1 aliphatic rings. The van der Waals surface area contributed by atoms with Gasteiger partial charge in [0.1, 0.15) is 0 Å². The van der Waals surface area contributed by atoms with Crippen LogP contribution in [0.1, 0.15) is 25.8 Å². The SMILES string of the molecule is CC1OCCC1(C)NCCc1cnn(C)c1. The number of aromatic nitrogens is 2. The maximum atomic E-state index is 5.60. The summed E-state index contributed by atoms with van der Waals surface area (Å²) in [5.74, 6) is 0. The highest BCUT2D eigenvalue weighted by atomic mass is 16.5. The first kappa shape index (κ1) is 11.6. The molecule has 0 aliphatic carbocycles. The Morgan fingerprint density at radius 3 is 3.06 bits per heavy atom. The van der Waals surface area contributed by atoms with Crippen LogP contribution >= 0.6 is 0 Å². The number of nitrogens with one attached hydrogen (secondary N) is 1. The van der Waals surface area contributed by atoms with E-state index >= 15 is 0 Å². The van der Waals surface area contributed by atoms with Crippen LogP contribution in [0, 0.1) is 0 Å². The zero-order valence-corrected chi connectivity index (χ0v) is 10.4. The minimum Gasteiger partial charge on any atom is -0.377 e. The third-order valence-corrected chi connectivity index (χ3v) is 3.59. The summed E-state index contributed by atoms with van der Waals surface area (Å²) in [5, 5.41) is 7.77. The van der Waals surface area contributed by atoms with E-state index in [0.717, 1.165) is 26.0 Å². The van der Waals surface area contributed by atoms with Crippen molar-refractivity contribution in [2.24, 2.45) is 7.05 Å². The summed E-state index contributed by atoms with van der Waals surface area (Å²) < 4.78 is 7.44. The Hall–Kier alpha value is -0.870. The summed E-state index contributed by atoms with van der Waals surface area (Å²) in [6.45, 7) is 6.24. The lowest BCUT2D eigenvalue weighted by molar-refractivity contribution is 0.0890. The van der Waals surface area contributed by atoms with Gasteiger partial charge in [0.2, 0.25) is 0 Å². The molecule has 0 saturated carbocycles. The van der Waals surface area contributed by atoms with Crippen molar-refractivity contribution in [2.75, 3.05) is 13.2 Å². The minimum atomic E-state index is 0.141. The molecule has 1 aliphatic heterocycles. The summed E-state index contributed by atoms with van der Waals surface area (Å²) >= 11 is 0. The Kier molecular flexibility index (Phi) is 3.30. The van der Waals surface area contributed by atoms with E-state index < -0.39 is 0 Å². The molecule has 4 nitrogen and oxygen atoms in total. The standard InChI is InChI=1S/C12H21N3O/c1-10-12(2,5-7-16-10)13-6-4-11-8-14-15(3)9-11/h8-10,13H,4-7H2,1-3H3. The smallest absolute Gasteiger partial charge is 0.0726 e. The molecule has 0 radical (unpaired) electrons. The molecule has 2 atom stereocenters. The number of nitrogens with zero attached hydrogens (tertiary/aromatic N) is 2. The maximum Gasteiger partial charge on any atom is 0.0726 e. The Morgan fingerprint density at radius 1 is 1.69 bits per heavy atom. The van der Waals surface area contributed by atoms with Gasteiger partial charge in [-0.1, -0.05) is 0 Å². The number of aryl methyl sites for hydroxylation is 1. The highest BCUT2D eigenvalue weighted by Crippen LogP contribution is 2.24.